The largest absolute Gasteiger partial charge is 0.481 e. The minimum atomic E-state index is -0.833. The molecule has 0 aromatic rings. The van der Waals surface area contributed by atoms with Crippen molar-refractivity contribution in [2.75, 3.05) is 0 Å². The van der Waals surface area contributed by atoms with E-state index in [9.17, 15) is 4.79 Å². The Kier molecular flexibility index (Phi) is 28.6. The van der Waals surface area contributed by atoms with Gasteiger partial charge in [0.15, 0.2) is 0 Å². The number of hydrogen-bond donors (Lipinski definition) is 4. The van der Waals surface area contributed by atoms with Gasteiger partial charge in [-0.05, 0) is 6.42 Å². The quantitative estimate of drug-likeness (QED) is 0.608. The average Bonchev–Trinajstić information content (AvgIpc) is 2.11. The lowest BCUT2D eigenvalue weighted by Gasteiger charge is -1.85. The number of unbranched alkanes of at least 4 members (excludes halogenated alkanes) is 1. The molecule has 0 saturated carbocycles. The summed E-state index contributed by atoms with van der Waals surface area (Å²) >= 11 is 0. The Balaban J connectivity index is -0.0000000825. The van der Waals surface area contributed by atoms with Crippen LogP contribution in [0.1, 0.15) is 47.0 Å². The molecule has 114 valence electrons. The molecule has 0 aromatic heterocycles. The van der Waals surface area contributed by atoms with E-state index in [1.54, 1.807) is 0 Å². The van der Waals surface area contributed by atoms with Crippen LogP contribution in [0.15, 0.2) is 0 Å². The number of carboxylic acid groups (broad SMARTS) is 4. The van der Waals surface area contributed by atoms with E-state index in [0.717, 1.165) is 33.6 Å². The SMILES string of the molecule is CC(=O)O.CC(=O)O.CC(=O)O.CCCCC(=O)O. The van der Waals surface area contributed by atoms with Gasteiger partial charge in [0, 0.05) is 27.2 Å². The van der Waals surface area contributed by atoms with Gasteiger partial charge >= 0.3 is 5.97 Å². The van der Waals surface area contributed by atoms with Crippen LogP contribution < -0.4 is 0 Å². The van der Waals surface area contributed by atoms with Crippen LogP contribution >= 0.6 is 0 Å². The standard InChI is InChI=1S/C5H10O2.3C2H4O2/c1-2-3-4-5(6)7;3*1-2(3)4/h2-4H2,1H3,(H,6,7);3*1H3,(H,3,4). The molecule has 8 nitrogen and oxygen atoms in total. The maximum Gasteiger partial charge on any atom is 0.303 e. The summed E-state index contributed by atoms with van der Waals surface area (Å²) in [6.07, 6.45) is 2.08. The van der Waals surface area contributed by atoms with Gasteiger partial charge in [0.05, 0.1) is 0 Å². The zero-order valence-electron chi connectivity index (χ0n) is 11.5. The zero-order valence-corrected chi connectivity index (χ0v) is 11.5. The van der Waals surface area contributed by atoms with Crippen LogP contribution in [0, 0.1) is 0 Å². The minimum Gasteiger partial charge on any atom is -0.481 e. The molecule has 0 heterocycles. The highest BCUT2D eigenvalue weighted by Gasteiger charge is 1.90. The summed E-state index contributed by atoms with van der Waals surface area (Å²) in [4.78, 5) is 36.8. The molecule has 0 radical (unpaired) electrons. The summed E-state index contributed by atoms with van der Waals surface area (Å²) in [7, 11) is 0. The second-order valence-electron chi connectivity index (χ2n) is 3.05. The van der Waals surface area contributed by atoms with Gasteiger partial charge in [-0.2, -0.15) is 0 Å². The maximum absolute atomic E-state index is 9.76. The van der Waals surface area contributed by atoms with Crippen molar-refractivity contribution < 1.29 is 39.6 Å². The molecule has 19 heavy (non-hydrogen) atoms. The van der Waals surface area contributed by atoms with Crippen molar-refractivity contribution in [3.63, 3.8) is 0 Å². The van der Waals surface area contributed by atoms with Crippen LogP contribution in [0.4, 0.5) is 0 Å². The molecule has 8 heteroatoms. The van der Waals surface area contributed by atoms with E-state index in [1.165, 1.54) is 0 Å². The molecular weight excluding hydrogens is 260 g/mol. The highest BCUT2D eigenvalue weighted by Crippen LogP contribution is 1.91. The summed E-state index contributed by atoms with van der Waals surface area (Å²) in [5.74, 6) is -3.19. The van der Waals surface area contributed by atoms with Crippen molar-refractivity contribution in [3.8, 4) is 0 Å². The Morgan fingerprint density at radius 1 is 0.737 bits per heavy atom. The predicted octanol–water partition coefficient (Wildman–Crippen LogP) is 1.53. The van der Waals surface area contributed by atoms with Crippen LogP contribution in [-0.4, -0.2) is 44.3 Å². The van der Waals surface area contributed by atoms with Crippen molar-refractivity contribution in [1.29, 1.82) is 0 Å². The summed E-state index contributed by atoms with van der Waals surface area (Å²) in [6, 6.07) is 0. The first kappa shape index (κ1) is 25.7. The average molecular weight is 282 g/mol. The monoisotopic (exact) mass is 282 g/mol. The summed E-state index contributed by atoms with van der Waals surface area (Å²) in [6.45, 7) is 5.23. The molecule has 0 bridgehead atoms. The lowest BCUT2D eigenvalue weighted by atomic mass is 10.3. The summed E-state index contributed by atoms with van der Waals surface area (Å²) in [5, 5.41) is 30.3. The van der Waals surface area contributed by atoms with E-state index >= 15 is 0 Å². The molecule has 4 N–H and O–H groups in total. The Morgan fingerprint density at radius 3 is 1.00 bits per heavy atom. The van der Waals surface area contributed by atoms with E-state index in [-0.39, 0.29) is 0 Å². The molecule has 0 rings (SSSR count). The van der Waals surface area contributed by atoms with Gasteiger partial charge in [0.2, 0.25) is 0 Å². The van der Waals surface area contributed by atoms with Crippen molar-refractivity contribution in [2.24, 2.45) is 0 Å². The van der Waals surface area contributed by atoms with Gasteiger partial charge in [-0.15, -0.1) is 0 Å². The second kappa shape index (κ2) is 21.2. The van der Waals surface area contributed by atoms with Gasteiger partial charge in [-0.1, -0.05) is 13.3 Å². The van der Waals surface area contributed by atoms with Crippen LogP contribution in [0.3, 0.4) is 0 Å². The Bertz CT molecular complexity index is 219. The van der Waals surface area contributed by atoms with Crippen LogP contribution in [0.2, 0.25) is 0 Å². The first-order valence-corrected chi connectivity index (χ1v) is 5.27. The predicted molar refractivity (Wildman–Crippen MR) is 67.1 cm³/mol. The normalized spacial score (nSPS) is 7.16. The third kappa shape index (κ3) is 866. The molecule has 0 aliphatic heterocycles. The number of rotatable bonds is 3. The summed E-state index contributed by atoms with van der Waals surface area (Å²) in [5.41, 5.74) is 0. The molecule has 0 unspecified atom stereocenters. The molecular formula is C11H22O8. The van der Waals surface area contributed by atoms with Crippen molar-refractivity contribution >= 4 is 23.9 Å². The van der Waals surface area contributed by atoms with Crippen LogP contribution in [0.25, 0.3) is 0 Å². The van der Waals surface area contributed by atoms with E-state index in [1.807, 2.05) is 6.92 Å². The van der Waals surface area contributed by atoms with E-state index in [2.05, 4.69) is 0 Å². The first-order valence-electron chi connectivity index (χ1n) is 5.27. The fraction of sp³-hybridized carbons (Fsp3) is 0.636. The number of hydrogen-bond acceptors (Lipinski definition) is 4. The topological polar surface area (TPSA) is 149 Å². The molecule has 0 spiro atoms. The lowest BCUT2D eigenvalue weighted by Crippen LogP contribution is -1.91. The van der Waals surface area contributed by atoms with Crippen molar-refractivity contribution in [1.82, 2.24) is 0 Å². The maximum atomic E-state index is 9.76. The Labute approximate surface area is 111 Å². The molecule has 0 fully saturated rings. The van der Waals surface area contributed by atoms with Crippen LogP contribution in [0.5, 0.6) is 0 Å². The molecule has 0 aromatic carbocycles. The highest BCUT2D eigenvalue weighted by molar-refractivity contribution is 5.66. The lowest BCUT2D eigenvalue weighted by molar-refractivity contribution is -0.137. The highest BCUT2D eigenvalue weighted by atomic mass is 16.4. The van der Waals surface area contributed by atoms with Crippen molar-refractivity contribution in [2.45, 2.75) is 47.0 Å². The van der Waals surface area contributed by atoms with Gasteiger partial charge in [-0.25, -0.2) is 0 Å². The first-order chi connectivity index (χ1) is 8.47. The zero-order chi connectivity index (χ0) is 16.4. The van der Waals surface area contributed by atoms with Gasteiger partial charge in [-0.3, -0.25) is 19.2 Å². The molecule has 0 amide bonds. The van der Waals surface area contributed by atoms with E-state index in [4.69, 9.17) is 34.8 Å². The molecule has 0 saturated heterocycles. The van der Waals surface area contributed by atoms with E-state index in [0.29, 0.717) is 6.42 Å². The summed E-state index contributed by atoms with van der Waals surface area (Å²) < 4.78 is 0. The molecule has 0 aliphatic rings. The number of carboxylic acids is 4. The van der Waals surface area contributed by atoms with E-state index < -0.39 is 23.9 Å². The van der Waals surface area contributed by atoms with Gasteiger partial charge in [0.25, 0.3) is 17.9 Å². The Morgan fingerprint density at radius 2 is 0.947 bits per heavy atom. The molecule has 0 atom stereocenters. The Hall–Kier alpha value is -2.12. The number of carbonyl (C=O) groups is 4. The van der Waals surface area contributed by atoms with Crippen molar-refractivity contribution in [3.05, 3.63) is 0 Å². The smallest absolute Gasteiger partial charge is 0.303 e. The fourth-order valence-corrected chi connectivity index (χ4v) is 0.328. The third-order valence-electron chi connectivity index (χ3n) is 0.744. The number of aliphatic carboxylic acids is 4. The minimum absolute atomic E-state index is 0.316. The van der Waals surface area contributed by atoms with Crippen LogP contribution in [-0.2, 0) is 19.2 Å². The fourth-order valence-electron chi connectivity index (χ4n) is 0.328. The third-order valence-corrected chi connectivity index (χ3v) is 0.744. The molecule has 0 aliphatic carbocycles. The van der Waals surface area contributed by atoms with Gasteiger partial charge in [0.1, 0.15) is 0 Å². The second-order valence-corrected chi connectivity index (χ2v) is 3.05. The van der Waals surface area contributed by atoms with Gasteiger partial charge < -0.3 is 20.4 Å².